The number of hydrogen-bond donors (Lipinski definition) is 2. The van der Waals surface area contributed by atoms with Gasteiger partial charge in [-0.25, -0.2) is 4.39 Å². The zero-order valence-electron chi connectivity index (χ0n) is 11.3. The predicted molar refractivity (Wildman–Crippen MR) is 79.6 cm³/mol. The quantitative estimate of drug-likeness (QED) is 0.824. The lowest BCUT2D eigenvalue weighted by Gasteiger charge is -2.13. The van der Waals surface area contributed by atoms with E-state index in [1.165, 1.54) is 6.07 Å². The lowest BCUT2D eigenvalue weighted by atomic mass is 10.2. The second-order valence-corrected chi connectivity index (χ2v) is 5.63. The molecule has 0 amide bonds. The Morgan fingerprint density at radius 2 is 2.25 bits per heavy atom. The molecule has 2 rings (SSSR count). The second-order valence-electron chi connectivity index (χ2n) is 4.59. The minimum atomic E-state index is -0.626. The van der Waals surface area contributed by atoms with E-state index in [0.29, 0.717) is 24.4 Å². The maximum atomic E-state index is 13.3. The van der Waals surface area contributed by atoms with Crippen molar-refractivity contribution in [2.75, 3.05) is 18.5 Å². The average molecular weight is 295 g/mol. The van der Waals surface area contributed by atoms with E-state index >= 15 is 0 Å². The van der Waals surface area contributed by atoms with Crippen LogP contribution in [0.4, 0.5) is 10.1 Å². The van der Waals surface area contributed by atoms with Gasteiger partial charge in [-0.3, -0.25) is 0 Å². The van der Waals surface area contributed by atoms with Crippen LogP contribution in [0.15, 0.2) is 35.7 Å². The molecule has 2 N–H and O–H groups in total. The normalized spacial score (nSPS) is 12.3. The summed E-state index contributed by atoms with van der Waals surface area (Å²) in [6.07, 6.45) is -0.626. The van der Waals surface area contributed by atoms with Gasteiger partial charge in [-0.15, -0.1) is 11.3 Å². The first-order valence-electron chi connectivity index (χ1n) is 6.43. The Morgan fingerprint density at radius 1 is 1.40 bits per heavy atom. The number of nitrogens with one attached hydrogen (secondary N) is 1. The molecule has 0 saturated carbocycles. The van der Waals surface area contributed by atoms with Crippen LogP contribution in [0.1, 0.15) is 10.4 Å². The maximum Gasteiger partial charge on any atom is 0.128 e. The third-order valence-corrected chi connectivity index (χ3v) is 3.70. The first-order valence-corrected chi connectivity index (χ1v) is 7.31. The molecular formula is C15H18FNO2S. The molecule has 0 bridgehead atoms. The number of hydrogen-bond acceptors (Lipinski definition) is 4. The molecule has 20 heavy (non-hydrogen) atoms. The van der Waals surface area contributed by atoms with E-state index in [2.05, 4.69) is 5.32 Å². The topological polar surface area (TPSA) is 41.5 Å². The summed E-state index contributed by atoms with van der Waals surface area (Å²) < 4.78 is 18.8. The van der Waals surface area contributed by atoms with E-state index in [0.717, 1.165) is 4.88 Å². The highest BCUT2D eigenvalue weighted by molar-refractivity contribution is 7.09. The molecule has 1 atom stereocenters. The van der Waals surface area contributed by atoms with Gasteiger partial charge in [0, 0.05) is 17.1 Å². The number of anilines is 1. The summed E-state index contributed by atoms with van der Waals surface area (Å²) in [5.41, 5.74) is 1.26. The van der Waals surface area contributed by atoms with Crippen molar-refractivity contribution >= 4 is 17.0 Å². The molecule has 0 radical (unpaired) electrons. The van der Waals surface area contributed by atoms with Crippen molar-refractivity contribution in [1.29, 1.82) is 0 Å². The third kappa shape index (κ3) is 4.59. The molecule has 0 aliphatic rings. The van der Waals surface area contributed by atoms with E-state index in [-0.39, 0.29) is 12.4 Å². The van der Waals surface area contributed by atoms with Gasteiger partial charge in [0.05, 0.1) is 19.3 Å². The lowest BCUT2D eigenvalue weighted by Crippen LogP contribution is -2.24. The van der Waals surface area contributed by atoms with Gasteiger partial charge in [0.25, 0.3) is 0 Å². The molecule has 0 spiro atoms. The summed E-state index contributed by atoms with van der Waals surface area (Å²) in [4.78, 5) is 1.13. The van der Waals surface area contributed by atoms with Crippen LogP contribution in [-0.2, 0) is 11.3 Å². The molecule has 5 heteroatoms. The van der Waals surface area contributed by atoms with E-state index in [1.807, 2.05) is 17.5 Å². The molecule has 1 unspecified atom stereocenters. The molecule has 1 aromatic heterocycles. The fraction of sp³-hybridized carbons (Fsp3) is 0.333. The van der Waals surface area contributed by atoms with Crippen molar-refractivity contribution in [3.05, 3.63) is 52.0 Å². The fourth-order valence-corrected chi connectivity index (χ4v) is 2.33. The van der Waals surface area contributed by atoms with Gasteiger partial charge in [0.15, 0.2) is 0 Å². The van der Waals surface area contributed by atoms with Crippen LogP contribution in [0.5, 0.6) is 0 Å². The van der Waals surface area contributed by atoms with Crippen LogP contribution in [0.2, 0.25) is 0 Å². The van der Waals surface area contributed by atoms with Crippen LogP contribution < -0.4 is 5.32 Å². The van der Waals surface area contributed by atoms with Gasteiger partial charge in [-0.05, 0) is 36.1 Å². The van der Waals surface area contributed by atoms with Crippen LogP contribution in [-0.4, -0.2) is 24.4 Å². The standard InChI is InChI=1S/C15H18FNO2S/c1-11-4-5-12(7-15(11)16)17-8-13(18)9-19-10-14-3-2-6-20-14/h2-7,13,17-18H,8-10H2,1H3. The van der Waals surface area contributed by atoms with E-state index in [9.17, 15) is 9.50 Å². The Balaban J connectivity index is 1.69. The summed E-state index contributed by atoms with van der Waals surface area (Å²) >= 11 is 1.62. The number of aliphatic hydroxyl groups excluding tert-OH is 1. The van der Waals surface area contributed by atoms with Crippen molar-refractivity contribution in [3.63, 3.8) is 0 Å². The van der Waals surface area contributed by atoms with Crippen molar-refractivity contribution in [3.8, 4) is 0 Å². The van der Waals surface area contributed by atoms with Crippen LogP contribution in [0.3, 0.4) is 0 Å². The molecular weight excluding hydrogens is 277 g/mol. The number of aliphatic hydroxyl groups is 1. The largest absolute Gasteiger partial charge is 0.389 e. The Hall–Kier alpha value is -1.43. The van der Waals surface area contributed by atoms with Gasteiger partial charge in [0.2, 0.25) is 0 Å². The molecule has 0 saturated heterocycles. The minimum Gasteiger partial charge on any atom is -0.389 e. The highest BCUT2D eigenvalue weighted by atomic mass is 32.1. The number of rotatable bonds is 7. The Morgan fingerprint density at radius 3 is 2.95 bits per heavy atom. The molecule has 3 nitrogen and oxygen atoms in total. The van der Waals surface area contributed by atoms with Crippen LogP contribution in [0, 0.1) is 12.7 Å². The number of ether oxygens (including phenoxy) is 1. The number of halogens is 1. The Bertz CT molecular complexity index is 531. The minimum absolute atomic E-state index is 0.249. The monoisotopic (exact) mass is 295 g/mol. The van der Waals surface area contributed by atoms with E-state index in [1.54, 1.807) is 30.4 Å². The zero-order valence-corrected chi connectivity index (χ0v) is 12.1. The first kappa shape index (κ1) is 15.0. The van der Waals surface area contributed by atoms with E-state index in [4.69, 9.17) is 4.74 Å². The summed E-state index contributed by atoms with van der Waals surface area (Å²) in [6.45, 7) is 2.80. The van der Waals surface area contributed by atoms with Crippen molar-refractivity contribution in [1.82, 2.24) is 0 Å². The number of benzene rings is 1. The number of aryl methyl sites for hydroxylation is 1. The second kappa shape index (κ2) is 7.38. The summed E-state index contributed by atoms with van der Waals surface area (Å²) in [7, 11) is 0. The smallest absolute Gasteiger partial charge is 0.128 e. The molecule has 108 valence electrons. The van der Waals surface area contributed by atoms with Crippen LogP contribution >= 0.6 is 11.3 Å². The highest BCUT2D eigenvalue weighted by Gasteiger charge is 2.06. The predicted octanol–water partition coefficient (Wildman–Crippen LogP) is 3.19. The van der Waals surface area contributed by atoms with E-state index < -0.39 is 6.10 Å². The highest BCUT2D eigenvalue weighted by Crippen LogP contribution is 2.13. The van der Waals surface area contributed by atoms with Gasteiger partial charge >= 0.3 is 0 Å². The average Bonchev–Trinajstić information content (AvgIpc) is 2.93. The molecule has 1 aromatic carbocycles. The fourth-order valence-electron chi connectivity index (χ4n) is 1.69. The Labute approximate surface area is 122 Å². The van der Waals surface area contributed by atoms with Crippen LogP contribution in [0.25, 0.3) is 0 Å². The maximum absolute atomic E-state index is 13.3. The zero-order chi connectivity index (χ0) is 14.4. The van der Waals surface area contributed by atoms with Gasteiger partial charge in [-0.1, -0.05) is 12.1 Å². The van der Waals surface area contributed by atoms with Gasteiger partial charge in [0.1, 0.15) is 5.82 Å². The summed E-state index contributed by atoms with van der Waals surface area (Å²) in [6, 6.07) is 8.88. The van der Waals surface area contributed by atoms with Gasteiger partial charge in [-0.2, -0.15) is 0 Å². The third-order valence-electron chi connectivity index (χ3n) is 2.85. The molecule has 2 aromatic rings. The molecule has 0 fully saturated rings. The van der Waals surface area contributed by atoms with Crippen molar-refractivity contribution in [2.45, 2.75) is 19.6 Å². The molecule has 0 aliphatic carbocycles. The molecule has 0 aliphatic heterocycles. The van der Waals surface area contributed by atoms with Crippen molar-refractivity contribution in [2.24, 2.45) is 0 Å². The van der Waals surface area contributed by atoms with Crippen molar-refractivity contribution < 1.29 is 14.2 Å². The summed E-state index contributed by atoms with van der Waals surface area (Å²) in [5.74, 6) is -0.251. The summed E-state index contributed by atoms with van der Waals surface area (Å²) in [5, 5.41) is 14.8. The Kier molecular flexibility index (Phi) is 5.52. The van der Waals surface area contributed by atoms with Gasteiger partial charge < -0.3 is 15.2 Å². The lowest BCUT2D eigenvalue weighted by molar-refractivity contribution is 0.0359. The SMILES string of the molecule is Cc1ccc(NCC(O)COCc2cccs2)cc1F. The first-order chi connectivity index (χ1) is 9.65. The number of thiophene rings is 1. The molecule has 1 heterocycles.